The number of anilines is 1. The van der Waals surface area contributed by atoms with E-state index < -0.39 is 32.9 Å². The third-order valence-electron chi connectivity index (χ3n) is 7.76. The van der Waals surface area contributed by atoms with Gasteiger partial charge >= 0.3 is 0 Å². The second-order valence-corrected chi connectivity index (χ2v) is 12.0. The monoisotopic (exact) mass is 507 g/mol. The van der Waals surface area contributed by atoms with Crippen molar-refractivity contribution in [2.45, 2.75) is 42.4 Å². The van der Waals surface area contributed by atoms with Crippen molar-refractivity contribution >= 4 is 27.2 Å². The van der Waals surface area contributed by atoms with E-state index in [1.807, 2.05) is 12.1 Å². The number of carbonyl (C=O) groups excluding carboxylic acids is 2. The molecule has 2 heterocycles. The summed E-state index contributed by atoms with van der Waals surface area (Å²) in [6.07, 6.45) is 3.31. The van der Waals surface area contributed by atoms with Crippen LogP contribution < -0.4 is 15.8 Å². The van der Waals surface area contributed by atoms with E-state index in [4.69, 9.17) is 10.5 Å². The first kappa shape index (κ1) is 22.8. The van der Waals surface area contributed by atoms with E-state index in [0.717, 1.165) is 18.2 Å². The summed E-state index contributed by atoms with van der Waals surface area (Å²) in [6, 6.07) is 10.1. The van der Waals surface area contributed by atoms with Crippen LogP contribution in [0.2, 0.25) is 0 Å². The first-order chi connectivity index (χ1) is 16.9. The number of aromatic amines is 1. The number of benzene rings is 2. The van der Waals surface area contributed by atoms with E-state index >= 15 is 0 Å². The summed E-state index contributed by atoms with van der Waals surface area (Å²) in [6.45, 7) is 3.64. The smallest absolute Gasteiger partial charge is 0.271 e. The van der Waals surface area contributed by atoms with Crippen LogP contribution in [0.15, 0.2) is 47.5 Å². The second-order valence-electron chi connectivity index (χ2n) is 10.0. The molecule has 186 valence electrons. The van der Waals surface area contributed by atoms with Gasteiger partial charge in [0.2, 0.25) is 11.3 Å². The van der Waals surface area contributed by atoms with Crippen molar-refractivity contribution in [2.24, 2.45) is 5.92 Å². The molecule has 0 radical (unpaired) electrons. The van der Waals surface area contributed by atoms with Gasteiger partial charge in [0.15, 0.2) is 9.84 Å². The molecule has 0 spiro atoms. The van der Waals surface area contributed by atoms with Gasteiger partial charge in [-0.3, -0.25) is 9.59 Å². The summed E-state index contributed by atoms with van der Waals surface area (Å²) in [7, 11) is -3.59. The highest BCUT2D eigenvalue weighted by atomic mass is 32.2. The summed E-state index contributed by atoms with van der Waals surface area (Å²) in [5.41, 5.74) is 6.00. The molecule has 0 unspecified atom stereocenters. The predicted octanol–water partition coefficient (Wildman–Crippen LogP) is 2.49. The number of rotatable bonds is 4. The first-order valence-corrected chi connectivity index (χ1v) is 13.5. The van der Waals surface area contributed by atoms with Gasteiger partial charge in [-0.25, -0.2) is 8.42 Å². The SMILES string of the molecule is Cc1c(S(C)(=O)=O)c[nH]c1C(=O)N[C@]12C(=O)c3c(N)cccc3[C@@]1(O)Oc1cc([C@@H]3C[C@H]3C)ccc12. The lowest BCUT2D eigenvalue weighted by Crippen LogP contribution is -2.60. The molecule has 36 heavy (non-hydrogen) atoms. The van der Waals surface area contributed by atoms with Gasteiger partial charge in [0.05, 0.1) is 10.5 Å². The topological polar surface area (TPSA) is 152 Å². The Morgan fingerprint density at radius 1 is 1.25 bits per heavy atom. The van der Waals surface area contributed by atoms with E-state index in [1.165, 1.54) is 13.1 Å². The molecule has 1 amide bonds. The maximum Gasteiger partial charge on any atom is 0.271 e. The Hall–Kier alpha value is -3.63. The lowest BCUT2D eigenvalue weighted by atomic mass is 9.82. The number of nitrogen functional groups attached to an aromatic ring is 1. The Bertz CT molecular complexity index is 1610. The largest absolute Gasteiger partial charge is 0.454 e. The molecule has 1 fully saturated rings. The molecule has 5 N–H and O–H groups in total. The quantitative estimate of drug-likeness (QED) is 0.396. The van der Waals surface area contributed by atoms with Crippen LogP contribution in [0.25, 0.3) is 0 Å². The molecule has 1 aromatic heterocycles. The summed E-state index contributed by atoms with van der Waals surface area (Å²) in [5.74, 6) is -2.42. The summed E-state index contributed by atoms with van der Waals surface area (Å²) in [5, 5.41) is 14.8. The van der Waals surface area contributed by atoms with Gasteiger partial charge in [-0.15, -0.1) is 0 Å². The van der Waals surface area contributed by atoms with E-state index in [9.17, 15) is 23.1 Å². The number of aromatic nitrogens is 1. The van der Waals surface area contributed by atoms with Crippen LogP contribution in [0.4, 0.5) is 5.69 Å². The Morgan fingerprint density at radius 2 is 1.97 bits per heavy atom. The molecule has 1 saturated carbocycles. The molecule has 1 aliphatic heterocycles. The van der Waals surface area contributed by atoms with Gasteiger partial charge in [-0.05, 0) is 48.4 Å². The zero-order valence-electron chi connectivity index (χ0n) is 19.9. The van der Waals surface area contributed by atoms with E-state index in [-0.39, 0.29) is 33.0 Å². The van der Waals surface area contributed by atoms with Crippen LogP contribution in [-0.2, 0) is 21.2 Å². The molecule has 2 aromatic carbocycles. The number of aliphatic hydroxyl groups is 1. The average Bonchev–Trinajstić information content (AvgIpc) is 3.23. The number of hydrogen-bond acceptors (Lipinski definition) is 7. The van der Waals surface area contributed by atoms with Crippen molar-refractivity contribution in [1.82, 2.24) is 10.3 Å². The van der Waals surface area contributed by atoms with Crippen LogP contribution in [0.1, 0.15) is 62.4 Å². The molecule has 0 saturated heterocycles. The fourth-order valence-corrected chi connectivity index (χ4v) is 6.67. The van der Waals surface area contributed by atoms with Gasteiger partial charge in [0.25, 0.3) is 11.7 Å². The summed E-state index contributed by atoms with van der Waals surface area (Å²) >= 11 is 0. The van der Waals surface area contributed by atoms with E-state index in [2.05, 4.69) is 17.2 Å². The van der Waals surface area contributed by atoms with Crippen molar-refractivity contribution in [1.29, 1.82) is 0 Å². The molecular weight excluding hydrogens is 482 g/mol. The van der Waals surface area contributed by atoms with Crippen LogP contribution in [0.5, 0.6) is 5.75 Å². The minimum absolute atomic E-state index is 0.0306. The van der Waals surface area contributed by atoms with Gasteiger partial charge in [-0.2, -0.15) is 0 Å². The van der Waals surface area contributed by atoms with Gasteiger partial charge in [-0.1, -0.05) is 31.2 Å². The van der Waals surface area contributed by atoms with Gasteiger partial charge in [0, 0.05) is 29.3 Å². The summed E-state index contributed by atoms with van der Waals surface area (Å²) in [4.78, 5) is 30.3. The van der Waals surface area contributed by atoms with Crippen molar-refractivity contribution in [3.8, 4) is 5.75 Å². The number of amides is 1. The maximum atomic E-state index is 14.0. The number of nitrogens with two attached hydrogens (primary N) is 1. The number of ketones is 1. The van der Waals surface area contributed by atoms with E-state index in [1.54, 1.807) is 24.3 Å². The molecule has 2 aliphatic carbocycles. The van der Waals surface area contributed by atoms with Gasteiger partial charge < -0.3 is 25.9 Å². The normalized spacial score (nSPS) is 27.7. The minimum atomic E-state index is -3.59. The maximum absolute atomic E-state index is 14.0. The second kappa shape index (κ2) is 6.98. The minimum Gasteiger partial charge on any atom is -0.454 e. The van der Waals surface area contributed by atoms with Crippen LogP contribution in [0.3, 0.4) is 0 Å². The highest BCUT2D eigenvalue weighted by Crippen LogP contribution is 2.60. The van der Waals surface area contributed by atoms with Crippen LogP contribution in [0, 0.1) is 12.8 Å². The van der Waals surface area contributed by atoms with Crippen molar-refractivity contribution in [3.05, 3.63) is 76.1 Å². The lowest BCUT2D eigenvalue weighted by Gasteiger charge is -2.34. The van der Waals surface area contributed by atoms with Crippen LogP contribution >= 0.6 is 0 Å². The first-order valence-electron chi connectivity index (χ1n) is 11.6. The Morgan fingerprint density at radius 3 is 2.61 bits per heavy atom. The number of Topliss-reactive ketones (excluding diaryl/α,β-unsaturated/α-hetero) is 1. The predicted molar refractivity (Wildman–Crippen MR) is 130 cm³/mol. The molecule has 3 aliphatic rings. The molecule has 10 heteroatoms. The third-order valence-corrected chi connectivity index (χ3v) is 8.99. The highest BCUT2D eigenvalue weighted by molar-refractivity contribution is 7.90. The zero-order chi connectivity index (χ0) is 25.8. The molecule has 0 bridgehead atoms. The van der Waals surface area contributed by atoms with Gasteiger partial charge in [0.1, 0.15) is 11.4 Å². The standard InChI is InChI=1S/C26H25N3O6S/c1-12-9-15(12)14-7-8-16-19(10-14)35-26(32)17-5-4-6-18(27)21(17)23(30)25(16,26)29-24(31)22-13(2)20(11-28-22)36(3,33)34/h4-8,10-12,15,28,32H,9,27H2,1-3H3,(H,29,31)/t12-,15-,25-,26-/m1/s1. The number of hydrogen-bond donors (Lipinski definition) is 4. The van der Waals surface area contributed by atoms with Crippen LogP contribution in [-0.4, -0.2) is 36.5 Å². The third kappa shape index (κ3) is 2.76. The Labute approximate surface area is 207 Å². The zero-order valence-corrected chi connectivity index (χ0v) is 20.7. The fraction of sp³-hybridized carbons (Fsp3) is 0.308. The number of nitrogens with one attached hydrogen (secondary N) is 2. The lowest BCUT2D eigenvalue weighted by molar-refractivity contribution is -0.169. The Kier molecular flexibility index (Phi) is 4.42. The molecule has 9 nitrogen and oxygen atoms in total. The van der Waals surface area contributed by atoms with Crippen molar-refractivity contribution in [3.63, 3.8) is 0 Å². The fourth-order valence-electron chi connectivity index (χ4n) is 5.74. The highest BCUT2D eigenvalue weighted by Gasteiger charge is 2.72. The number of sulfone groups is 1. The number of ether oxygens (including phenoxy) is 1. The summed E-state index contributed by atoms with van der Waals surface area (Å²) < 4.78 is 30.3. The molecular formula is C26H25N3O6S. The van der Waals surface area contributed by atoms with Crippen molar-refractivity contribution in [2.75, 3.05) is 12.0 Å². The number of fused-ring (bicyclic) bond motifs is 5. The van der Waals surface area contributed by atoms with E-state index in [0.29, 0.717) is 23.1 Å². The number of carbonyl (C=O) groups is 2. The molecule has 3 aromatic rings. The molecule has 4 atom stereocenters. The van der Waals surface area contributed by atoms with Crippen molar-refractivity contribution < 1.29 is 27.9 Å². The Balaban J connectivity index is 1.52. The average molecular weight is 508 g/mol. The molecule has 6 rings (SSSR count). The number of H-pyrrole nitrogens is 1.